The molecule has 11 heteroatoms. The molecule has 25 heavy (non-hydrogen) atoms. The van der Waals surface area contributed by atoms with Gasteiger partial charge in [0.1, 0.15) is 18.2 Å². The van der Waals surface area contributed by atoms with Crippen molar-refractivity contribution in [2.24, 2.45) is 5.16 Å². The third kappa shape index (κ3) is 4.00. The second kappa shape index (κ2) is 7.78. The van der Waals surface area contributed by atoms with Crippen molar-refractivity contribution in [3.8, 4) is 0 Å². The van der Waals surface area contributed by atoms with Crippen LogP contribution >= 0.6 is 19.2 Å². The van der Waals surface area contributed by atoms with Gasteiger partial charge in [0.25, 0.3) is 0 Å². The molecule has 0 fully saturated rings. The molecule has 1 aliphatic rings. The summed E-state index contributed by atoms with van der Waals surface area (Å²) in [7, 11) is -3.09. The van der Waals surface area contributed by atoms with Gasteiger partial charge in [0.15, 0.2) is 10.8 Å². The molecule has 1 aliphatic heterocycles. The molecule has 0 saturated heterocycles. The van der Waals surface area contributed by atoms with Crippen LogP contribution < -0.4 is 0 Å². The molecule has 3 rings (SSSR count). The SMILES string of the molecule is CCOP(=O)(CCC1=NO[C@H](n2cnc3c(Cl)ncnc32)C1)OCC. The highest BCUT2D eigenvalue weighted by atomic mass is 35.5. The van der Waals surface area contributed by atoms with E-state index in [0.717, 1.165) is 5.71 Å². The Morgan fingerprint density at radius 3 is 2.80 bits per heavy atom. The van der Waals surface area contributed by atoms with Crippen LogP contribution in [0.2, 0.25) is 5.15 Å². The van der Waals surface area contributed by atoms with Crippen LogP contribution in [0.3, 0.4) is 0 Å². The maximum Gasteiger partial charge on any atom is 0.331 e. The Kier molecular flexibility index (Phi) is 5.68. The fourth-order valence-electron chi connectivity index (χ4n) is 2.57. The second-order valence-corrected chi connectivity index (χ2v) is 7.87. The van der Waals surface area contributed by atoms with Crippen molar-refractivity contribution in [3.63, 3.8) is 0 Å². The van der Waals surface area contributed by atoms with E-state index < -0.39 is 7.60 Å². The third-order valence-electron chi connectivity index (χ3n) is 3.66. The maximum absolute atomic E-state index is 12.5. The van der Waals surface area contributed by atoms with Gasteiger partial charge in [0.2, 0.25) is 6.23 Å². The van der Waals surface area contributed by atoms with E-state index in [0.29, 0.717) is 37.2 Å². The van der Waals surface area contributed by atoms with Gasteiger partial charge in [0, 0.05) is 12.8 Å². The summed E-state index contributed by atoms with van der Waals surface area (Å²) in [5.74, 6) is 0. The predicted molar refractivity (Wildman–Crippen MR) is 92.8 cm³/mol. The van der Waals surface area contributed by atoms with Crippen LogP contribution in [0.15, 0.2) is 17.8 Å². The van der Waals surface area contributed by atoms with Gasteiger partial charge >= 0.3 is 7.60 Å². The normalized spacial score (nSPS) is 17.7. The average Bonchev–Trinajstić information content (AvgIpc) is 3.20. The van der Waals surface area contributed by atoms with Crippen molar-refractivity contribution < 1.29 is 18.5 Å². The van der Waals surface area contributed by atoms with Crippen LogP contribution in [0, 0.1) is 0 Å². The minimum Gasteiger partial charge on any atom is -0.370 e. The molecule has 0 unspecified atom stereocenters. The molecule has 0 radical (unpaired) electrons. The van der Waals surface area contributed by atoms with Crippen LogP contribution in [0.4, 0.5) is 0 Å². The number of hydrogen-bond acceptors (Lipinski definition) is 8. The monoisotopic (exact) mass is 387 g/mol. The summed E-state index contributed by atoms with van der Waals surface area (Å²) in [5, 5.41) is 4.37. The zero-order chi connectivity index (χ0) is 17.9. The zero-order valence-corrected chi connectivity index (χ0v) is 15.6. The summed E-state index contributed by atoms with van der Waals surface area (Å²) in [6.45, 7) is 4.25. The number of hydrogen-bond donors (Lipinski definition) is 0. The standard InChI is InChI=1S/C14H19ClN5O4P/c1-3-22-25(21,23-4-2)6-5-10-7-11(24-19-10)20-9-18-12-13(15)16-8-17-14(12)20/h8-9,11H,3-7H2,1-2H3/t11-/m0/s1. The van der Waals surface area contributed by atoms with E-state index in [4.69, 9.17) is 25.5 Å². The number of rotatable bonds is 8. The largest absolute Gasteiger partial charge is 0.370 e. The van der Waals surface area contributed by atoms with E-state index in [1.54, 1.807) is 24.7 Å². The highest BCUT2D eigenvalue weighted by Crippen LogP contribution is 2.48. The molecule has 0 aromatic carbocycles. The highest BCUT2D eigenvalue weighted by molar-refractivity contribution is 7.53. The van der Waals surface area contributed by atoms with Crippen LogP contribution in [0.5, 0.6) is 0 Å². The first-order valence-electron chi connectivity index (χ1n) is 7.99. The number of fused-ring (bicyclic) bond motifs is 1. The topological polar surface area (TPSA) is 101 Å². The molecule has 2 aromatic rings. The van der Waals surface area contributed by atoms with Gasteiger partial charge in [-0.05, 0) is 13.8 Å². The summed E-state index contributed by atoms with van der Waals surface area (Å²) < 4.78 is 24.8. The molecule has 3 heterocycles. The Labute approximate surface area is 149 Å². The quantitative estimate of drug-likeness (QED) is 0.505. The molecule has 0 N–H and O–H groups in total. The summed E-state index contributed by atoms with van der Waals surface area (Å²) in [6.07, 6.45) is 3.87. The van der Waals surface area contributed by atoms with Crippen LogP contribution in [-0.2, 0) is 18.5 Å². The Morgan fingerprint density at radius 2 is 2.08 bits per heavy atom. The average molecular weight is 388 g/mol. The summed E-state index contributed by atoms with van der Waals surface area (Å²) in [4.78, 5) is 17.8. The lowest BCUT2D eigenvalue weighted by Crippen LogP contribution is -2.10. The van der Waals surface area contributed by atoms with Crippen molar-refractivity contribution in [2.75, 3.05) is 19.4 Å². The van der Waals surface area contributed by atoms with E-state index >= 15 is 0 Å². The van der Waals surface area contributed by atoms with Crippen molar-refractivity contribution in [2.45, 2.75) is 32.9 Å². The molecule has 9 nitrogen and oxygen atoms in total. The molecule has 0 bridgehead atoms. The summed E-state index contributed by atoms with van der Waals surface area (Å²) in [5.41, 5.74) is 1.88. The van der Waals surface area contributed by atoms with Gasteiger partial charge in [-0.15, -0.1) is 0 Å². The van der Waals surface area contributed by atoms with E-state index in [-0.39, 0.29) is 17.5 Å². The molecule has 2 aromatic heterocycles. The Morgan fingerprint density at radius 1 is 1.32 bits per heavy atom. The highest BCUT2D eigenvalue weighted by Gasteiger charge is 2.29. The van der Waals surface area contributed by atoms with Gasteiger partial charge in [-0.2, -0.15) is 0 Å². The zero-order valence-electron chi connectivity index (χ0n) is 14.0. The first kappa shape index (κ1) is 18.3. The molecule has 0 amide bonds. The third-order valence-corrected chi connectivity index (χ3v) is 6.02. The number of halogens is 1. The van der Waals surface area contributed by atoms with Gasteiger partial charge < -0.3 is 13.9 Å². The first-order chi connectivity index (χ1) is 12.1. The maximum atomic E-state index is 12.5. The Bertz CT molecular complexity index is 817. The van der Waals surface area contributed by atoms with Crippen molar-refractivity contribution in [3.05, 3.63) is 17.8 Å². The van der Waals surface area contributed by atoms with Crippen molar-refractivity contribution in [1.29, 1.82) is 0 Å². The first-order valence-corrected chi connectivity index (χ1v) is 10.1. The van der Waals surface area contributed by atoms with E-state index in [2.05, 4.69) is 20.1 Å². The van der Waals surface area contributed by atoms with Gasteiger partial charge in [-0.3, -0.25) is 9.13 Å². The molecule has 1 atom stereocenters. The van der Waals surface area contributed by atoms with Crippen molar-refractivity contribution in [1.82, 2.24) is 19.5 Å². The van der Waals surface area contributed by atoms with Crippen molar-refractivity contribution >= 4 is 36.1 Å². The molecule has 0 aliphatic carbocycles. The fraction of sp³-hybridized carbons (Fsp3) is 0.571. The van der Waals surface area contributed by atoms with Gasteiger partial charge in [-0.1, -0.05) is 16.8 Å². The minimum atomic E-state index is -3.09. The van der Waals surface area contributed by atoms with E-state index in [1.165, 1.54) is 6.33 Å². The van der Waals surface area contributed by atoms with Crippen LogP contribution in [-0.4, -0.2) is 44.6 Å². The Balaban J connectivity index is 1.65. The van der Waals surface area contributed by atoms with E-state index in [1.807, 2.05) is 0 Å². The molecule has 0 saturated carbocycles. The Hall–Kier alpha value is -1.54. The molecular weight excluding hydrogens is 369 g/mol. The number of imidazole rings is 1. The number of nitrogens with zero attached hydrogens (tertiary/aromatic N) is 5. The fourth-order valence-corrected chi connectivity index (χ4v) is 4.40. The van der Waals surface area contributed by atoms with Crippen LogP contribution in [0.25, 0.3) is 11.2 Å². The summed E-state index contributed by atoms with van der Waals surface area (Å²) in [6, 6.07) is 0. The van der Waals surface area contributed by atoms with Gasteiger partial charge in [-0.25, -0.2) is 15.0 Å². The molecule has 136 valence electrons. The minimum absolute atomic E-state index is 0.266. The van der Waals surface area contributed by atoms with Crippen LogP contribution in [0.1, 0.15) is 32.9 Å². The lowest BCUT2D eigenvalue weighted by Gasteiger charge is -2.16. The lowest BCUT2D eigenvalue weighted by molar-refractivity contribution is 0.0348. The summed E-state index contributed by atoms with van der Waals surface area (Å²) >= 11 is 6.01. The molecule has 0 spiro atoms. The second-order valence-electron chi connectivity index (χ2n) is 5.33. The smallest absolute Gasteiger partial charge is 0.331 e. The predicted octanol–water partition coefficient (Wildman–Crippen LogP) is 3.41. The van der Waals surface area contributed by atoms with Gasteiger partial charge in [0.05, 0.1) is 25.1 Å². The molecular formula is C14H19ClN5O4P. The number of aromatic nitrogens is 4. The number of oxime groups is 1. The lowest BCUT2D eigenvalue weighted by atomic mass is 10.2. The van der Waals surface area contributed by atoms with E-state index in [9.17, 15) is 4.57 Å².